The molecule has 2 aromatic rings. The fourth-order valence-electron chi connectivity index (χ4n) is 1.63. The largest absolute Gasteiger partial charge is 0.497 e. The van der Waals surface area contributed by atoms with Crippen LogP contribution < -0.4 is 9.47 Å². The molecule has 0 N–H and O–H groups in total. The van der Waals surface area contributed by atoms with Crippen molar-refractivity contribution in [3.05, 3.63) is 56.5 Å². The van der Waals surface area contributed by atoms with E-state index in [1.54, 1.807) is 18.2 Å². The highest BCUT2D eigenvalue weighted by Gasteiger charge is 2.17. The summed E-state index contributed by atoms with van der Waals surface area (Å²) in [5, 5.41) is 19.9. The summed E-state index contributed by atoms with van der Waals surface area (Å²) in [5.74, 6) is 0.886. The van der Waals surface area contributed by atoms with E-state index in [0.717, 1.165) is 0 Å². The number of hydrogen-bond donors (Lipinski definition) is 0. The summed E-state index contributed by atoms with van der Waals surface area (Å²) in [6.07, 6.45) is 0. The maximum atomic E-state index is 11.0. The fourth-order valence-corrected chi connectivity index (χ4v) is 2.08. The van der Waals surface area contributed by atoms with Crippen LogP contribution in [0.15, 0.2) is 40.9 Å². The van der Waals surface area contributed by atoms with Crippen molar-refractivity contribution in [1.29, 1.82) is 5.26 Å². The van der Waals surface area contributed by atoms with E-state index in [2.05, 4.69) is 15.9 Å². The summed E-state index contributed by atoms with van der Waals surface area (Å²) in [6, 6.07) is 10.9. The predicted molar refractivity (Wildman–Crippen MR) is 78.6 cm³/mol. The Kier molecular flexibility index (Phi) is 4.40. The minimum absolute atomic E-state index is 0.0657. The topological polar surface area (TPSA) is 85.4 Å². The molecular weight excluding hydrogens is 340 g/mol. The van der Waals surface area contributed by atoms with Crippen molar-refractivity contribution in [3.8, 4) is 23.3 Å². The molecule has 0 unspecified atom stereocenters. The van der Waals surface area contributed by atoms with Gasteiger partial charge in [-0.15, -0.1) is 0 Å². The maximum Gasteiger partial charge on any atom is 0.311 e. The van der Waals surface area contributed by atoms with Gasteiger partial charge in [-0.05, 0) is 40.2 Å². The van der Waals surface area contributed by atoms with E-state index in [1.807, 2.05) is 6.07 Å². The Labute approximate surface area is 128 Å². The number of methoxy groups -OCH3 is 1. The van der Waals surface area contributed by atoms with E-state index >= 15 is 0 Å². The lowest BCUT2D eigenvalue weighted by Crippen LogP contribution is -1.95. The van der Waals surface area contributed by atoms with Gasteiger partial charge in [-0.3, -0.25) is 10.1 Å². The summed E-state index contributed by atoms with van der Waals surface area (Å²) in [5.41, 5.74) is 0.277. The van der Waals surface area contributed by atoms with Crippen molar-refractivity contribution < 1.29 is 14.4 Å². The van der Waals surface area contributed by atoms with Crippen LogP contribution in [0.3, 0.4) is 0 Å². The molecular formula is C14H9BrN2O4. The quantitative estimate of drug-likeness (QED) is 0.614. The van der Waals surface area contributed by atoms with Gasteiger partial charge in [0, 0.05) is 16.6 Å². The first-order valence-corrected chi connectivity index (χ1v) is 6.54. The van der Waals surface area contributed by atoms with Crippen LogP contribution in [0.25, 0.3) is 0 Å². The lowest BCUT2D eigenvalue weighted by Gasteiger charge is -2.08. The number of nitrogens with zero attached hydrogens (tertiary/aromatic N) is 2. The maximum absolute atomic E-state index is 11.0. The highest BCUT2D eigenvalue weighted by Crippen LogP contribution is 2.35. The van der Waals surface area contributed by atoms with E-state index in [4.69, 9.17) is 14.7 Å². The van der Waals surface area contributed by atoms with Crippen molar-refractivity contribution in [2.75, 3.05) is 7.11 Å². The van der Waals surface area contributed by atoms with Gasteiger partial charge in [0.2, 0.25) is 5.75 Å². The molecule has 6 nitrogen and oxygen atoms in total. The third-order valence-corrected chi connectivity index (χ3v) is 3.31. The lowest BCUT2D eigenvalue weighted by atomic mass is 10.2. The molecule has 0 fully saturated rings. The Morgan fingerprint density at radius 2 is 1.95 bits per heavy atom. The van der Waals surface area contributed by atoms with E-state index in [0.29, 0.717) is 21.5 Å². The first-order valence-electron chi connectivity index (χ1n) is 5.75. The molecule has 0 aliphatic rings. The average Bonchev–Trinajstić information content (AvgIpc) is 2.47. The van der Waals surface area contributed by atoms with Gasteiger partial charge < -0.3 is 9.47 Å². The van der Waals surface area contributed by atoms with Crippen molar-refractivity contribution >= 4 is 21.6 Å². The van der Waals surface area contributed by atoms with E-state index in [1.165, 1.54) is 25.3 Å². The molecule has 106 valence electrons. The van der Waals surface area contributed by atoms with Crippen molar-refractivity contribution in [3.63, 3.8) is 0 Å². The summed E-state index contributed by atoms with van der Waals surface area (Å²) in [4.78, 5) is 10.5. The van der Waals surface area contributed by atoms with Crippen LogP contribution in [0, 0.1) is 21.4 Å². The molecule has 0 saturated carbocycles. The van der Waals surface area contributed by atoms with Crippen LogP contribution in [-0.2, 0) is 0 Å². The molecule has 0 aromatic heterocycles. The zero-order valence-electron chi connectivity index (χ0n) is 10.9. The summed E-state index contributed by atoms with van der Waals surface area (Å²) < 4.78 is 11.1. The molecule has 0 bridgehead atoms. The number of halogens is 1. The molecule has 0 radical (unpaired) electrons. The van der Waals surface area contributed by atoms with Crippen LogP contribution >= 0.6 is 15.9 Å². The highest BCUT2D eigenvalue weighted by molar-refractivity contribution is 9.10. The number of nitro groups is 1. The Balaban J connectivity index is 2.40. The standard InChI is InChI=1S/C14H9BrN2O4/c1-20-10-4-5-13(17(18)19)14(7-10)21-11-3-2-9(8-16)12(15)6-11/h2-7H,1H3. The number of hydrogen-bond acceptors (Lipinski definition) is 5. The molecule has 2 rings (SSSR count). The molecule has 21 heavy (non-hydrogen) atoms. The molecule has 7 heteroatoms. The number of benzene rings is 2. The Bertz CT molecular complexity index is 740. The number of nitriles is 1. The van der Waals surface area contributed by atoms with Crippen LogP contribution in [0.5, 0.6) is 17.2 Å². The summed E-state index contributed by atoms with van der Waals surface area (Å²) in [7, 11) is 1.46. The summed E-state index contributed by atoms with van der Waals surface area (Å²) >= 11 is 3.24. The van der Waals surface area contributed by atoms with Crippen molar-refractivity contribution in [1.82, 2.24) is 0 Å². The smallest absolute Gasteiger partial charge is 0.311 e. The second-order valence-electron chi connectivity index (χ2n) is 3.95. The lowest BCUT2D eigenvalue weighted by molar-refractivity contribution is -0.385. The second-order valence-corrected chi connectivity index (χ2v) is 4.80. The third kappa shape index (κ3) is 3.30. The van der Waals surface area contributed by atoms with Gasteiger partial charge in [0.25, 0.3) is 0 Å². The van der Waals surface area contributed by atoms with Gasteiger partial charge in [0.05, 0.1) is 17.6 Å². The van der Waals surface area contributed by atoms with Gasteiger partial charge >= 0.3 is 5.69 Å². The fraction of sp³-hybridized carbons (Fsp3) is 0.0714. The molecule has 0 aliphatic heterocycles. The molecule has 0 spiro atoms. The van der Waals surface area contributed by atoms with Crippen LogP contribution in [0.4, 0.5) is 5.69 Å². The zero-order valence-corrected chi connectivity index (χ0v) is 12.5. The minimum Gasteiger partial charge on any atom is -0.497 e. The molecule has 0 heterocycles. The molecule has 0 atom stereocenters. The van der Waals surface area contributed by atoms with Gasteiger partial charge in [-0.1, -0.05) is 0 Å². The third-order valence-electron chi connectivity index (χ3n) is 2.65. The van der Waals surface area contributed by atoms with Gasteiger partial charge in [-0.2, -0.15) is 5.26 Å². The SMILES string of the molecule is COc1ccc([N+](=O)[O-])c(Oc2ccc(C#N)c(Br)c2)c1. The van der Waals surface area contributed by atoms with E-state index in [9.17, 15) is 10.1 Å². The van der Waals surface area contributed by atoms with Crippen molar-refractivity contribution in [2.45, 2.75) is 0 Å². The molecule has 2 aromatic carbocycles. The highest BCUT2D eigenvalue weighted by atomic mass is 79.9. The Hall–Kier alpha value is -2.59. The zero-order chi connectivity index (χ0) is 15.4. The average molecular weight is 349 g/mol. The first kappa shape index (κ1) is 14.8. The monoisotopic (exact) mass is 348 g/mol. The second kappa shape index (κ2) is 6.24. The first-order chi connectivity index (χ1) is 10.0. The van der Waals surface area contributed by atoms with E-state index in [-0.39, 0.29) is 11.4 Å². The van der Waals surface area contributed by atoms with Gasteiger partial charge in [-0.25, -0.2) is 0 Å². The normalized spacial score (nSPS) is 9.76. The number of ether oxygens (including phenoxy) is 2. The van der Waals surface area contributed by atoms with Crippen LogP contribution in [-0.4, -0.2) is 12.0 Å². The van der Waals surface area contributed by atoms with E-state index < -0.39 is 4.92 Å². The van der Waals surface area contributed by atoms with Gasteiger partial charge in [0.15, 0.2) is 0 Å². The minimum atomic E-state index is -0.534. The van der Waals surface area contributed by atoms with Crippen LogP contribution in [0.1, 0.15) is 5.56 Å². The molecule has 0 amide bonds. The van der Waals surface area contributed by atoms with Crippen molar-refractivity contribution in [2.24, 2.45) is 0 Å². The number of nitro benzene ring substituents is 1. The molecule has 0 saturated heterocycles. The Morgan fingerprint density at radius 3 is 2.52 bits per heavy atom. The molecule has 0 aliphatic carbocycles. The number of rotatable bonds is 4. The Morgan fingerprint density at radius 1 is 1.24 bits per heavy atom. The predicted octanol–water partition coefficient (Wildman–Crippen LogP) is 4.03. The van der Waals surface area contributed by atoms with Gasteiger partial charge in [0.1, 0.15) is 17.6 Å². The van der Waals surface area contributed by atoms with Crippen LogP contribution in [0.2, 0.25) is 0 Å². The summed E-state index contributed by atoms with van der Waals surface area (Å²) in [6.45, 7) is 0.